The summed E-state index contributed by atoms with van der Waals surface area (Å²) in [5.41, 5.74) is 0. The average molecular weight is 209 g/mol. The highest BCUT2D eigenvalue weighted by Crippen LogP contribution is 2.18. The number of nitrogens with zero attached hydrogens (tertiary/aromatic N) is 1. The minimum Gasteiger partial charge on any atom is -0.290 e. The predicted octanol–water partition coefficient (Wildman–Crippen LogP) is 3.40. The second-order valence-electron chi connectivity index (χ2n) is 4.87. The second kappa shape index (κ2) is 7.77. The van der Waals surface area contributed by atoms with Gasteiger partial charge in [-0.05, 0) is 37.8 Å². The van der Waals surface area contributed by atoms with Crippen molar-refractivity contribution in [3.63, 3.8) is 0 Å². The Morgan fingerprint density at radius 1 is 1.07 bits per heavy atom. The molecule has 0 bridgehead atoms. The van der Waals surface area contributed by atoms with Crippen molar-refractivity contribution < 1.29 is 0 Å². The van der Waals surface area contributed by atoms with Crippen LogP contribution in [0.5, 0.6) is 0 Å². The topological polar surface area (TPSA) is 3.24 Å². The van der Waals surface area contributed by atoms with Crippen molar-refractivity contribution in [3.8, 4) is 12.3 Å². The molecule has 1 nitrogen and oxygen atoms in total. The Hall–Kier alpha value is -0.480. The molecule has 0 amide bonds. The summed E-state index contributed by atoms with van der Waals surface area (Å²) >= 11 is 0. The molecule has 0 aromatic heterocycles. The van der Waals surface area contributed by atoms with Crippen LogP contribution in [0.4, 0.5) is 0 Å². The maximum Gasteiger partial charge on any atom is 0.0714 e. The van der Waals surface area contributed by atoms with Crippen molar-refractivity contribution in [2.75, 3.05) is 13.1 Å². The Bertz CT molecular complexity index is 186. The number of hydrogen-bond acceptors (Lipinski definition) is 1. The van der Waals surface area contributed by atoms with E-state index in [9.17, 15) is 0 Å². The van der Waals surface area contributed by atoms with Crippen molar-refractivity contribution in [2.24, 2.45) is 11.8 Å². The SMILES string of the molecule is C#CC(CC(C)CC(C)C)N(CC)CC. The Morgan fingerprint density at radius 3 is 1.93 bits per heavy atom. The fourth-order valence-electron chi connectivity index (χ4n) is 2.27. The zero-order chi connectivity index (χ0) is 11.8. The molecule has 0 N–H and O–H groups in total. The summed E-state index contributed by atoms with van der Waals surface area (Å²) in [5, 5.41) is 0. The van der Waals surface area contributed by atoms with E-state index >= 15 is 0 Å². The summed E-state index contributed by atoms with van der Waals surface area (Å²) in [6, 6.07) is 0.328. The van der Waals surface area contributed by atoms with Crippen LogP contribution in [0.1, 0.15) is 47.5 Å². The van der Waals surface area contributed by atoms with Gasteiger partial charge in [-0.25, -0.2) is 0 Å². The molecule has 0 radical (unpaired) electrons. The molecule has 0 aliphatic rings. The van der Waals surface area contributed by atoms with Crippen molar-refractivity contribution in [1.82, 2.24) is 4.90 Å². The van der Waals surface area contributed by atoms with Crippen LogP contribution in [-0.4, -0.2) is 24.0 Å². The summed E-state index contributed by atoms with van der Waals surface area (Å²) in [5.74, 6) is 4.44. The largest absolute Gasteiger partial charge is 0.290 e. The van der Waals surface area contributed by atoms with Crippen LogP contribution in [0.2, 0.25) is 0 Å². The van der Waals surface area contributed by atoms with E-state index in [-0.39, 0.29) is 0 Å². The quantitative estimate of drug-likeness (QED) is 0.581. The van der Waals surface area contributed by atoms with Gasteiger partial charge in [-0.3, -0.25) is 4.90 Å². The van der Waals surface area contributed by atoms with Crippen LogP contribution in [-0.2, 0) is 0 Å². The van der Waals surface area contributed by atoms with Crippen LogP contribution in [0.3, 0.4) is 0 Å². The number of terminal acetylenes is 1. The number of rotatable bonds is 7. The molecule has 0 aromatic rings. The molecule has 0 aliphatic heterocycles. The smallest absolute Gasteiger partial charge is 0.0714 e. The van der Waals surface area contributed by atoms with Crippen LogP contribution in [0, 0.1) is 24.2 Å². The van der Waals surface area contributed by atoms with Gasteiger partial charge in [-0.2, -0.15) is 0 Å². The maximum atomic E-state index is 5.61. The van der Waals surface area contributed by atoms with E-state index in [0.717, 1.165) is 31.3 Å². The van der Waals surface area contributed by atoms with Crippen LogP contribution >= 0.6 is 0 Å². The van der Waals surface area contributed by atoms with Crippen molar-refractivity contribution >= 4 is 0 Å². The van der Waals surface area contributed by atoms with Gasteiger partial charge in [-0.15, -0.1) is 6.42 Å². The normalized spacial score (nSPS) is 15.3. The molecule has 2 unspecified atom stereocenters. The van der Waals surface area contributed by atoms with Crippen LogP contribution < -0.4 is 0 Å². The minimum atomic E-state index is 0.328. The van der Waals surface area contributed by atoms with Gasteiger partial charge in [0.15, 0.2) is 0 Å². The van der Waals surface area contributed by atoms with E-state index in [4.69, 9.17) is 6.42 Å². The van der Waals surface area contributed by atoms with E-state index < -0.39 is 0 Å². The van der Waals surface area contributed by atoms with Gasteiger partial charge in [0.1, 0.15) is 0 Å². The highest BCUT2D eigenvalue weighted by Gasteiger charge is 2.16. The van der Waals surface area contributed by atoms with Gasteiger partial charge in [-0.1, -0.05) is 40.5 Å². The third-order valence-electron chi connectivity index (χ3n) is 2.94. The molecule has 0 rings (SSSR count). The lowest BCUT2D eigenvalue weighted by Gasteiger charge is -2.28. The summed E-state index contributed by atoms with van der Waals surface area (Å²) in [6.07, 6.45) is 8.02. The van der Waals surface area contributed by atoms with Crippen molar-refractivity contribution in [1.29, 1.82) is 0 Å². The van der Waals surface area contributed by atoms with E-state index in [0.29, 0.717) is 6.04 Å². The third kappa shape index (κ3) is 5.85. The third-order valence-corrected chi connectivity index (χ3v) is 2.94. The lowest BCUT2D eigenvalue weighted by molar-refractivity contribution is 0.223. The molecule has 0 aliphatic carbocycles. The Kier molecular flexibility index (Phi) is 7.52. The Balaban J connectivity index is 4.15. The minimum absolute atomic E-state index is 0.328. The van der Waals surface area contributed by atoms with Crippen LogP contribution in [0.25, 0.3) is 0 Å². The van der Waals surface area contributed by atoms with E-state index in [1.165, 1.54) is 6.42 Å². The zero-order valence-electron chi connectivity index (χ0n) is 11.1. The van der Waals surface area contributed by atoms with Gasteiger partial charge in [0, 0.05) is 0 Å². The first kappa shape index (κ1) is 14.5. The fourth-order valence-corrected chi connectivity index (χ4v) is 2.27. The first-order chi connectivity index (χ1) is 7.04. The summed E-state index contributed by atoms with van der Waals surface area (Å²) < 4.78 is 0. The fraction of sp³-hybridized carbons (Fsp3) is 0.857. The maximum absolute atomic E-state index is 5.61. The molecule has 0 saturated carbocycles. The molecule has 88 valence electrons. The highest BCUT2D eigenvalue weighted by molar-refractivity contribution is 5.00. The first-order valence-electron chi connectivity index (χ1n) is 6.25. The zero-order valence-corrected chi connectivity index (χ0v) is 11.1. The van der Waals surface area contributed by atoms with Crippen molar-refractivity contribution in [2.45, 2.75) is 53.5 Å². The molecular formula is C14H27N. The molecule has 0 fully saturated rings. The van der Waals surface area contributed by atoms with Gasteiger partial charge in [0.05, 0.1) is 6.04 Å². The molecular weight excluding hydrogens is 182 g/mol. The van der Waals surface area contributed by atoms with E-state index in [2.05, 4.69) is 45.4 Å². The van der Waals surface area contributed by atoms with Gasteiger partial charge < -0.3 is 0 Å². The average Bonchev–Trinajstić information content (AvgIpc) is 2.16. The molecule has 0 spiro atoms. The Labute approximate surface area is 96.2 Å². The predicted molar refractivity (Wildman–Crippen MR) is 68.8 cm³/mol. The van der Waals surface area contributed by atoms with Gasteiger partial charge in [0.2, 0.25) is 0 Å². The van der Waals surface area contributed by atoms with Gasteiger partial charge in [0.25, 0.3) is 0 Å². The summed E-state index contributed by atoms with van der Waals surface area (Å²) in [4.78, 5) is 2.37. The highest BCUT2D eigenvalue weighted by atomic mass is 15.1. The molecule has 15 heavy (non-hydrogen) atoms. The van der Waals surface area contributed by atoms with Crippen LogP contribution in [0.15, 0.2) is 0 Å². The molecule has 0 heterocycles. The lowest BCUT2D eigenvalue weighted by atomic mass is 9.92. The molecule has 0 saturated heterocycles. The van der Waals surface area contributed by atoms with Gasteiger partial charge >= 0.3 is 0 Å². The van der Waals surface area contributed by atoms with E-state index in [1.807, 2.05) is 0 Å². The Morgan fingerprint density at radius 2 is 1.60 bits per heavy atom. The molecule has 1 heteroatoms. The van der Waals surface area contributed by atoms with E-state index in [1.54, 1.807) is 0 Å². The first-order valence-corrected chi connectivity index (χ1v) is 6.25. The second-order valence-corrected chi connectivity index (χ2v) is 4.87. The summed E-state index contributed by atoms with van der Waals surface area (Å²) in [7, 11) is 0. The molecule has 2 atom stereocenters. The number of hydrogen-bond donors (Lipinski definition) is 0. The monoisotopic (exact) mass is 209 g/mol. The molecule has 0 aromatic carbocycles. The standard InChI is InChI=1S/C14H27N/c1-7-14(15(8-2)9-3)11-13(6)10-12(4)5/h1,12-14H,8-11H2,2-6H3. The lowest BCUT2D eigenvalue weighted by Crippen LogP contribution is -2.35. The van der Waals surface area contributed by atoms with Crippen molar-refractivity contribution in [3.05, 3.63) is 0 Å². The summed E-state index contributed by atoms with van der Waals surface area (Å²) in [6.45, 7) is 13.3.